The van der Waals surface area contributed by atoms with E-state index in [-0.39, 0.29) is 42.1 Å². The van der Waals surface area contributed by atoms with Gasteiger partial charge in [-0.2, -0.15) is 0 Å². The summed E-state index contributed by atoms with van der Waals surface area (Å²) in [6.07, 6.45) is 0.817. The van der Waals surface area contributed by atoms with Gasteiger partial charge in [0.1, 0.15) is 5.82 Å². The average Bonchev–Trinajstić information content (AvgIpc) is 3.18. The molecule has 104 valence electrons. The molecule has 4 atom stereocenters. The van der Waals surface area contributed by atoms with Crippen LogP contribution in [0.1, 0.15) is 31.7 Å². The highest BCUT2D eigenvalue weighted by Gasteiger charge is 2.44. The van der Waals surface area contributed by atoms with Crippen LogP contribution in [0.3, 0.4) is 0 Å². The van der Waals surface area contributed by atoms with E-state index in [1.54, 1.807) is 12.1 Å². The molecule has 0 spiro atoms. The van der Waals surface area contributed by atoms with Gasteiger partial charge in [-0.05, 0) is 42.9 Å². The minimum Gasteiger partial charge on any atom is -0.396 e. The second-order valence-electron chi connectivity index (χ2n) is 5.46. The third-order valence-corrected chi connectivity index (χ3v) is 3.94. The number of rotatable bonds is 5. The highest BCUT2D eigenvalue weighted by atomic mass is 19.1. The minimum absolute atomic E-state index is 0.0150. The lowest BCUT2D eigenvalue weighted by atomic mass is 10.0. The maximum atomic E-state index is 12.8. The fourth-order valence-corrected chi connectivity index (χ4v) is 2.19. The van der Waals surface area contributed by atoms with Crippen molar-refractivity contribution in [1.29, 1.82) is 0 Å². The molecule has 1 amide bonds. The Morgan fingerprint density at radius 3 is 2.63 bits per heavy atom. The van der Waals surface area contributed by atoms with Crippen LogP contribution < -0.4 is 5.32 Å². The zero-order chi connectivity index (χ0) is 14.0. The molecule has 2 N–H and O–H groups in total. The molecule has 1 aromatic rings. The predicted molar refractivity (Wildman–Crippen MR) is 71.1 cm³/mol. The second kappa shape index (κ2) is 5.70. The van der Waals surface area contributed by atoms with Crippen molar-refractivity contribution in [2.24, 2.45) is 11.8 Å². The maximum Gasteiger partial charge on any atom is 0.223 e. The molecular formula is C15H20FNO2. The van der Waals surface area contributed by atoms with Crippen LogP contribution in [0, 0.1) is 17.7 Å². The molecule has 19 heavy (non-hydrogen) atoms. The Morgan fingerprint density at radius 2 is 2.05 bits per heavy atom. The lowest BCUT2D eigenvalue weighted by Crippen LogP contribution is -2.39. The van der Waals surface area contributed by atoms with Gasteiger partial charge in [-0.3, -0.25) is 4.79 Å². The van der Waals surface area contributed by atoms with Crippen LogP contribution in [-0.2, 0) is 4.79 Å². The predicted octanol–water partition coefficient (Wildman–Crippen LogP) is 2.06. The van der Waals surface area contributed by atoms with Crippen LogP contribution in [-0.4, -0.2) is 23.7 Å². The number of hydrogen-bond donors (Lipinski definition) is 2. The van der Waals surface area contributed by atoms with Crippen molar-refractivity contribution in [2.75, 3.05) is 6.61 Å². The first-order valence-electron chi connectivity index (χ1n) is 6.69. The van der Waals surface area contributed by atoms with Crippen molar-refractivity contribution in [1.82, 2.24) is 5.32 Å². The lowest BCUT2D eigenvalue weighted by molar-refractivity contribution is -0.123. The average molecular weight is 265 g/mol. The normalized spacial score (nSPS) is 24.6. The molecule has 0 saturated heterocycles. The van der Waals surface area contributed by atoms with Crippen molar-refractivity contribution in [2.45, 2.75) is 32.2 Å². The van der Waals surface area contributed by atoms with Crippen molar-refractivity contribution in [3.63, 3.8) is 0 Å². The Bertz CT molecular complexity index is 446. The molecular weight excluding hydrogens is 245 g/mol. The fourth-order valence-electron chi connectivity index (χ4n) is 2.19. The standard InChI is InChI=1S/C15H20FNO2/c1-9(8-18)10(2)17-15(19)14-7-13(14)11-3-5-12(16)6-4-11/h3-6,9-10,13-14,18H,7-8H2,1-2H3,(H,17,19). The first kappa shape index (κ1) is 14.0. The van der Waals surface area contributed by atoms with Crippen LogP contribution >= 0.6 is 0 Å². The molecule has 4 heteroatoms. The van der Waals surface area contributed by atoms with Crippen LogP contribution in [0.5, 0.6) is 0 Å². The van der Waals surface area contributed by atoms with E-state index < -0.39 is 0 Å². The number of aliphatic hydroxyl groups excluding tert-OH is 1. The summed E-state index contributed by atoms with van der Waals surface area (Å²) >= 11 is 0. The SMILES string of the molecule is CC(CO)C(C)NC(=O)C1CC1c1ccc(F)cc1. The number of aliphatic hydroxyl groups is 1. The zero-order valence-electron chi connectivity index (χ0n) is 11.3. The van der Waals surface area contributed by atoms with E-state index in [0.717, 1.165) is 12.0 Å². The zero-order valence-corrected chi connectivity index (χ0v) is 11.3. The molecule has 1 saturated carbocycles. The summed E-state index contributed by atoms with van der Waals surface area (Å²) in [7, 11) is 0. The van der Waals surface area contributed by atoms with E-state index in [1.165, 1.54) is 12.1 Å². The molecule has 0 radical (unpaired) electrons. The van der Waals surface area contributed by atoms with Crippen molar-refractivity contribution in [3.05, 3.63) is 35.6 Å². The second-order valence-corrected chi connectivity index (χ2v) is 5.46. The van der Waals surface area contributed by atoms with Crippen LogP contribution in [0.15, 0.2) is 24.3 Å². The molecule has 0 bridgehead atoms. The number of hydrogen-bond acceptors (Lipinski definition) is 2. The molecule has 1 aliphatic rings. The first-order chi connectivity index (χ1) is 9.02. The van der Waals surface area contributed by atoms with Gasteiger partial charge in [0, 0.05) is 18.6 Å². The number of benzene rings is 1. The van der Waals surface area contributed by atoms with Gasteiger partial charge in [-0.1, -0.05) is 19.1 Å². The van der Waals surface area contributed by atoms with Gasteiger partial charge in [-0.25, -0.2) is 4.39 Å². The Labute approximate surface area is 112 Å². The number of amides is 1. The van der Waals surface area contributed by atoms with E-state index in [4.69, 9.17) is 5.11 Å². The summed E-state index contributed by atoms with van der Waals surface area (Å²) in [5.74, 6) is 0.0147. The van der Waals surface area contributed by atoms with Crippen LogP contribution in [0.2, 0.25) is 0 Å². The van der Waals surface area contributed by atoms with Crippen molar-refractivity contribution in [3.8, 4) is 0 Å². The molecule has 3 nitrogen and oxygen atoms in total. The Morgan fingerprint density at radius 1 is 1.42 bits per heavy atom. The number of carbonyl (C=O) groups excluding carboxylic acids is 1. The third kappa shape index (κ3) is 3.32. The molecule has 0 heterocycles. The van der Waals surface area contributed by atoms with Gasteiger partial charge in [0.05, 0.1) is 0 Å². The number of nitrogens with one attached hydrogen (secondary N) is 1. The van der Waals surface area contributed by atoms with Gasteiger partial charge in [-0.15, -0.1) is 0 Å². The molecule has 1 aromatic carbocycles. The van der Waals surface area contributed by atoms with Gasteiger partial charge in [0.25, 0.3) is 0 Å². The van der Waals surface area contributed by atoms with Crippen LogP contribution in [0.4, 0.5) is 4.39 Å². The third-order valence-electron chi connectivity index (χ3n) is 3.94. The topological polar surface area (TPSA) is 49.3 Å². The number of carbonyl (C=O) groups is 1. The summed E-state index contributed by atoms with van der Waals surface area (Å²) in [6.45, 7) is 3.86. The highest BCUT2D eigenvalue weighted by Crippen LogP contribution is 2.47. The van der Waals surface area contributed by atoms with E-state index in [0.29, 0.717) is 0 Å². The summed E-state index contributed by atoms with van der Waals surface area (Å²) in [5, 5.41) is 12.0. The van der Waals surface area contributed by atoms with E-state index >= 15 is 0 Å². The fraction of sp³-hybridized carbons (Fsp3) is 0.533. The van der Waals surface area contributed by atoms with E-state index in [1.807, 2.05) is 13.8 Å². The highest BCUT2D eigenvalue weighted by molar-refractivity contribution is 5.83. The molecule has 1 fully saturated rings. The maximum absolute atomic E-state index is 12.8. The van der Waals surface area contributed by atoms with Gasteiger partial charge in [0.2, 0.25) is 5.91 Å². The quantitative estimate of drug-likeness (QED) is 0.856. The molecule has 0 aliphatic heterocycles. The Hall–Kier alpha value is -1.42. The molecule has 1 aliphatic carbocycles. The Kier molecular flexibility index (Phi) is 4.20. The minimum atomic E-state index is -0.254. The summed E-state index contributed by atoms with van der Waals surface area (Å²) in [4.78, 5) is 12.0. The van der Waals surface area contributed by atoms with Crippen molar-refractivity contribution < 1.29 is 14.3 Å². The summed E-state index contributed by atoms with van der Waals surface area (Å²) in [6, 6.07) is 6.31. The van der Waals surface area contributed by atoms with Gasteiger partial charge >= 0.3 is 0 Å². The monoisotopic (exact) mass is 265 g/mol. The number of halogens is 1. The largest absolute Gasteiger partial charge is 0.396 e. The first-order valence-corrected chi connectivity index (χ1v) is 6.69. The van der Waals surface area contributed by atoms with Gasteiger partial charge in [0.15, 0.2) is 0 Å². The van der Waals surface area contributed by atoms with Crippen LogP contribution in [0.25, 0.3) is 0 Å². The van der Waals surface area contributed by atoms with E-state index in [2.05, 4.69) is 5.32 Å². The Balaban J connectivity index is 1.88. The smallest absolute Gasteiger partial charge is 0.223 e. The van der Waals surface area contributed by atoms with E-state index in [9.17, 15) is 9.18 Å². The van der Waals surface area contributed by atoms with Gasteiger partial charge < -0.3 is 10.4 Å². The lowest BCUT2D eigenvalue weighted by Gasteiger charge is -2.19. The molecule has 2 rings (SSSR count). The summed E-state index contributed by atoms with van der Waals surface area (Å²) in [5.41, 5.74) is 1.02. The summed E-state index contributed by atoms with van der Waals surface area (Å²) < 4.78 is 12.8. The molecule has 4 unspecified atom stereocenters. The van der Waals surface area contributed by atoms with Crippen molar-refractivity contribution >= 4 is 5.91 Å². The molecule has 0 aromatic heterocycles.